The predicted octanol–water partition coefficient (Wildman–Crippen LogP) is 3.32. The van der Waals surface area contributed by atoms with Crippen LogP contribution in [0.5, 0.6) is 5.75 Å². The Morgan fingerprint density at radius 1 is 1.45 bits per heavy atom. The number of hydrogen-bond acceptors (Lipinski definition) is 6. The van der Waals surface area contributed by atoms with E-state index in [2.05, 4.69) is 24.8 Å². The van der Waals surface area contributed by atoms with Gasteiger partial charge in [-0.25, -0.2) is 0 Å². The average Bonchev–Trinajstić information content (AvgIpc) is 2.65. The summed E-state index contributed by atoms with van der Waals surface area (Å²) < 4.78 is 6.07. The zero-order chi connectivity index (χ0) is 14.9. The molecule has 0 aromatic carbocycles. The van der Waals surface area contributed by atoms with Crippen LogP contribution >= 0.6 is 23.1 Å². The largest absolute Gasteiger partial charge is 0.486 e. The van der Waals surface area contributed by atoms with E-state index in [1.54, 1.807) is 0 Å². The van der Waals surface area contributed by atoms with Gasteiger partial charge in [0.25, 0.3) is 0 Å². The molecular weight excluding hydrogens is 290 g/mol. The van der Waals surface area contributed by atoms with Crippen molar-refractivity contribution >= 4 is 33.8 Å². The number of nitrogens with two attached hydrogens (primary N) is 1. The van der Waals surface area contributed by atoms with Crippen LogP contribution < -0.4 is 15.4 Å². The van der Waals surface area contributed by atoms with Gasteiger partial charge >= 0.3 is 0 Å². The summed E-state index contributed by atoms with van der Waals surface area (Å²) in [5, 5.41) is 10.2. The van der Waals surface area contributed by atoms with Crippen LogP contribution in [0.2, 0.25) is 0 Å². The molecule has 0 spiro atoms. The molecule has 110 valence electrons. The van der Waals surface area contributed by atoms with Crippen LogP contribution in [0.4, 0.5) is 10.7 Å². The van der Waals surface area contributed by atoms with Crippen molar-refractivity contribution in [1.29, 1.82) is 5.26 Å². The molecule has 0 bridgehead atoms. The van der Waals surface area contributed by atoms with Gasteiger partial charge < -0.3 is 15.4 Å². The second kappa shape index (κ2) is 5.74. The zero-order valence-electron chi connectivity index (χ0n) is 12.4. The molecule has 1 aromatic rings. The monoisotopic (exact) mass is 311 g/mol. The lowest BCUT2D eigenvalue weighted by Gasteiger charge is -2.38. The zero-order valence-corrected chi connectivity index (χ0v) is 14.0. The fourth-order valence-corrected chi connectivity index (χ4v) is 4.34. The van der Waals surface area contributed by atoms with E-state index in [-0.39, 0.29) is 10.9 Å². The number of thioether (sulfide) groups is 1. The fraction of sp³-hybridized carbons (Fsp3) is 0.643. The molecule has 20 heavy (non-hydrogen) atoms. The summed E-state index contributed by atoms with van der Waals surface area (Å²) >= 11 is 3.42. The Morgan fingerprint density at radius 3 is 2.70 bits per heavy atom. The normalized spacial score (nSPS) is 18.1. The van der Waals surface area contributed by atoms with Gasteiger partial charge in [-0.1, -0.05) is 0 Å². The maximum atomic E-state index is 9.19. The first-order chi connectivity index (χ1) is 9.34. The van der Waals surface area contributed by atoms with Crippen molar-refractivity contribution in [3.05, 3.63) is 4.88 Å². The molecule has 0 radical (unpaired) electrons. The van der Waals surface area contributed by atoms with E-state index in [9.17, 15) is 5.26 Å². The Kier molecular flexibility index (Phi) is 4.40. The number of rotatable bonds is 3. The summed E-state index contributed by atoms with van der Waals surface area (Å²) in [6.07, 6.45) is 0.0457. The van der Waals surface area contributed by atoms with E-state index in [0.29, 0.717) is 16.3 Å². The lowest BCUT2D eigenvalue weighted by Crippen LogP contribution is -2.43. The van der Waals surface area contributed by atoms with Crippen molar-refractivity contribution < 1.29 is 4.74 Å². The van der Waals surface area contributed by atoms with Gasteiger partial charge in [-0.3, -0.25) is 0 Å². The van der Waals surface area contributed by atoms with Gasteiger partial charge in [-0.15, -0.1) is 11.3 Å². The number of hydrogen-bond donors (Lipinski definition) is 1. The summed E-state index contributed by atoms with van der Waals surface area (Å²) in [4.78, 5) is 2.85. The van der Waals surface area contributed by atoms with Gasteiger partial charge in [0.1, 0.15) is 21.6 Å². The quantitative estimate of drug-likeness (QED) is 0.928. The molecule has 2 heterocycles. The molecule has 1 aromatic heterocycles. The second-order valence-corrected chi connectivity index (χ2v) is 8.59. The van der Waals surface area contributed by atoms with E-state index in [1.165, 1.54) is 11.3 Å². The average molecular weight is 311 g/mol. The van der Waals surface area contributed by atoms with E-state index in [0.717, 1.165) is 23.8 Å². The molecule has 0 unspecified atom stereocenters. The minimum Gasteiger partial charge on any atom is -0.486 e. The van der Waals surface area contributed by atoms with Gasteiger partial charge in [-0.05, 0) is 27.7 Å². The Balaban J connectivity index is 2.37. The number of nitrogens with zero attached hydrogens (tertiary/aromatic N) is 2. The summed E-state index contributed by atoms with van der Waals surface area (Å²) in [6.45, 7) is 10.3. The molecule has 6 heteroatoms. The number of nitrogen functional groups attached to an aromatic ring is 1. The molecule has 1 saturated heterocycles. The van der Waals surface area contributed by atoms with Crippen LogP contribution in [-0.2, 0) is 0 Å². The lowest BCUT2D eigenvalue weighted by molar-refractivity contribution is 0.245. The maximum absolute atomic E-state index is 9.19. The van der Waals surface area contributed by atoms with E-state index in [4.69, 9.17) is 10.5 Å². The molecule has 2 N–H and O–H groups in total. The fourth-order valence-electron chi connectivity index (χ4n) is 2.25. The summed E-state index contributed by atoms with van der Waals surface area (Å²) in [5.74, 6) is 1.76. The molecule has 0 atom stereocenters. The predicted molar refractivity (Wildman–Crippen MR) is 88.0 cm³/mol. The molecule has 0 saturated carbocycles. The van der Waals surface area contributed by atoms with Crippen LogP contribution in [0.15, 0.2) is 0 Å². The maximum Gasteiger partial charge on any atom is 0.178 e. The van der Waals surface area contributed by atoms with Crippen molar-refractivity contribution in [2.45, 2.75) is 38.5 Å². The molecule has 1 fully saturated rings. The van der Waals surface area contributed by atoms with Crippen LogP contribution in [0.3, 0.4) is 0 Å². The van der Waals surface area contributed by atoms with Crippen LogP contribution in [0.1, 0.15) is 32.6 Å². The Morgan fingerprint density at radius 2 is 2.15 bits per heavy atom. The second-order valence-electron chi connectivity index (χ2n) is 5.79. The van der Waals surface area contributed by atoms with Gasteiger partial charge in [0, 0.05) is 23.6 Å². The van der Waals surface area contributed by atoms with Gasteiger partial charge in [0.15, 0.2) is 5.75 Å². The third-order valence-corrected chi connectivity index (χ3v) is 5.50. The van der Waals surface area contributed by atoms with Crippen molar-refractivity contribution in [3.63, 3.8) is 0 Å². The first-order valence-electron chi connectivity index (χ1n) is 6.72. The summed E-state index contributed by atoms with van der Waals surface area (Å²) in [7, 11) is 0. The van der Waals surface area contributed by atoms with E-state index in [1.807, 2.05) is 25.6 Å². The van der Waals surface area contributed by atoms with Crippen LogP contribution in [-0.4, -0.2) is 29.7 Å². The highest BCUT2D eigenvalue weighted by atomic mass is 32.2. The standard InChI is InChI=1S/C14H21N3OS2/c1-9(2)18-12-11(16)10(7-15)20-13(12)17-5-6-19-14(3,4)8-17/h9H,5-6,8,16H2,1-4H3. The van der Waals surface area contributed by atoms with Gasteiger partial charge in [-0.2, -0.15) is 17.0 Å². The van der Waals surface area contributed by atoms with Gasteiger partial charge in [0.2, 0.25) is 0 Å². The highest BCUT2D eigenvalue weighted by Crippen LogP contribution is 2.47. The summed E-state index contributed by atoms with van der Waals surface area (Å²) in [6, 6.07) is 2.17. The molecule has 0 aliphatic carbocycles. The Labute approximate surface area is 128 Å². The van der Waals surface area contributed by atoms with E-state index < -0.39 is 0 Å². The highest BCUT2D eigenvalue weighted by Gasteiger charge is 2.31. The lowest BCUT2D eigenvalue weighted by atomic mass is 10.2. The number of ether oxygens (including phenoxy) is 1. The first-order valence-corrected chi connectivity index (χ1v) is 8.52. The third kappa shape index (κ3) is 3.15. The Bertz CT molecular complexity index is 531. The molecule has 1 aliphatic rings. The SMILES string of the molecule is CC(C)Oc1c(N2CCSC(C)(C)C2)sc(C#N)c1N. The number of nitriles is 1. The van der Waals surface area contributed by atoms with Crippen LogP contribution in [0.25, 0.3) is 0 Å². The minimum absolute atomic E-state index is 0.0457. The molecule has 0 amide bonds. The summed E-state index contributed by atoms with van der Waals surface area (Å²) in [5.41, 5.74) is 6.55. The van der Waals surface area contributed by atoms with E-state index >= 15 is 0 Å². The minimum atomic E-state index is 0.0457. The molecule has 2 rings (SSSR count). The third-order valence-electron chi connectivity index (χ3n) is 3.05. The Hall–Kier alpha value is -1.06. The number of thiophene rings is 1. The smallest absolute Gasteiger partial charge is 0.178 e. The highest BCUT2D eigenvalue weighted by molar-refractivity contribution is 8.00. The van der Waals surface area contributed by atoms with Crippen molar-refractivity contribution in [3.8, 4) is 11.8 Å². The topological polar surface area (TPSA) is 62.3 Å². The first kappa shape index (κ1) is 15.3. The molecule has 4 nitrogen and oxygen atoms in total. The number of anilines is 2. The van der Waals surface area contributed by atoms with Crippen LogP contribution in [0, 0.1) is 11.3 Å². The van der Waals surface area contributed by atoms with Gasteiger partial charge in [0.05, 0.1) is 6.10 Å². The van der Waals surface area contributed by atoms with Crippen molar-refractivity contribution in [1.82, 2.24) is 0 Å². The van der Waals surface area contributed by atoms with Crippen molar-refractivity contribution in [2.75, 3.05) is 29.5 Å². The molecule has 1 aliphatic heterocycles. The van der Waals surface area contributed by atoms with Crippen molar-refractivity contribution in [2.24, 2.45) is 0 Å². The molecular formula is C14H21N3OS2.